The van der Waals surface area contributed by atoms with Crippen molar-refractivity contribution < 1.29 is 5.11 Å². The average Bonchev–Trinajstić information content (AvgIpc) is 2.79. The Morgan fingerprint density at radius 3 is 1.86 bits per heavy atom. The van der Waals surface area contributed by atoms with E-state index >= 15 is 0 Å². The molecule has 0 aliphatic heterocycles. The Morgan fingerprint density at radius 1 is 0.952 bits per heavy atom. The summed E-state index contributed by atoms with van der Waals surface area (Å²) in [4.78, 5) is 0. The monoisotopic (exact) mass is 275 g/mol. The number of aliphatic hydroxyl groups excluding tert-OH is 1. The highest BCUT2D eigenvalue weighted by Gasteiger charge is 2.14. The number of rotatable bonds is 3. The summed E-state index contributed by atoms with van der Waals surface area (Å²) in [6.45, 7) is 9.51. The molecular formula is C19H17NO. The van der Waals surface area contributed by atoms with E-state index in [-0.39, 0.29) is 5.76 Å². The minimum atomic E-state index is 0.0320. The average molecular weight is 275 g/mol. The van der Waals surface area contributed by atoms with Crippen LogP contribution in [0.3, 0.4) is 0 Å². The Kier molecular flexibility index (Phi) is 3.15. The zero-order valence-electron chi connectivity index (χ0n) is 12.0. The Hall–Kier alpha value is -2.74. The van der Waals surface area contributed by atoms with Crippen LogP contribution in [0.2, 0.25) is 0 Å². The SMILES string of the molecule is C=C(C)/C=C(\C(=C)O)n1c2ccccc2c2ccccc21. The van der Waals surface area contributed by atoms with Crippen molar-refractivity contribution in [1.82, 2.24) is 4.57 Å². The number of allylic oxidation sites excluding steroid dienone is 3. The molecule has 2 aromatic carbocycles. The summed E-state index contributed by atoms with van der Waals surface area (Å²) >= 11 is 0. The molecule has 1 N–H and O–H groups in total. The molecule has 2 heteroatoms. The van der Waals surface area contributed by atoms with Gasteiger partial charge in [-0.05, 0) is 25.1 Å². The number of hydrogen-bond donors (Lipinski definition) is 1. The Bertz CT molecular complexity index is 843. The van der Waals surface area contributed by atoms with Gasteiger partial charge in [0.15, 0.2) is 0 Å². The molecule has 0 saturated carbocycles. The van der Waals surface area contributed by atoms with Crippen LogP contribution in [0.5, 0.6) is 0 Å². The van der Waals surface area contributed by atoms with Gasteiger partial charge in [-0.3, -0.25) is 0 Å². The molecule has 0 aliphatic carbocycles. The molecule has 0 saturated heterocycles. The van der Waals surface area contributed by atoms with Gasteiger partial charge in [0.1, 0.15) is 5.76 Å². The van der Waals surface area contributed by atoms with Crippen molar-refractivity contribution in [1.29, 1.82) is 0 Å². The molecule has 0 aliphatic rings. The highest BCUT2D eigenvalue weighted by Crippen LogP contribution is 2.33. The van der Waals surface area contributed by atoms with E-state index in [0.29, 0.717) is 5.70 Å². The van der Waals surface area contributed by atoms with Crippen LogP contribution >= 0.6 is 0 Å². The van der Waals surface area contributed by atoms with Crippen molar-refractivity contribution in [3.05, 3.63) is 79.1 Å². The predicted octanol–water partition coefficient (Wildman–Crippen LogP) is 5.28. The van der Waals surface area contributed by atoms with Gasteiger partial charge in [-0.15, -0.1) is 0 Å². The van der Waals surface area contributed by atoms with Crippen LogP contribution in [0, 0.1) is 0 Å². The van der Waals surface area contributed by atoms with Gasteiger partial charge in [-0.25, -0.2) is 0 Å². The maximum atomic E-state index is 10.0. The molecule has 1 aromatic heterocycles. The fourth-order valence-corrected chi connectivity index (χ4v) is 2.69. The van der Waals surface area contributed by atoms with Crippen molar-refractivity contribution >= 4 is 27.5 Å². The van der Waals surface area contributed by atoms with Crippen LogP contribution in [-0.4, -0.2) is 9.67 Å². The van der Waals surface area contributed by atoms with E-state index in [2.05, 4.69) is 25.3 Å². The summed E-state index contributed by atoms with van der Waals surface area (Å²) in [5.74, 6) is 0.0320. The third-order valence-corrected chi connectivity index (χ3v) is 3.50. The largest absolute Gasteiger partial charge is 0.506 e. The van der Waals surface area contributed by atoms with E-state index in [0.717, 1.165) is 27.4 Å². The number of nitrogens with zero attached hydrogens (tertiary/aromatic N) is 1. The smallest absolute Gasteiger partial charge is 0.132 e. The summed E-state index contributed by atoms with van der Waals surface area (Å²) in [6.07, 6.45) is 1.85. The lowest BCUT2D eigenvalue weighted by molar-refractivity contribution is 0.436. The second-order valence-corrected chi connectivity index (χ2v) is 5.19. The first-order valence-corrected chi connectivity index (χ1v) is 6.83. The molecule has 104 valence electrons. The summed E-state index contributed by atoms with van der Waals surface area (Å²) < 4.78 is 2.03. The lowest BCUT2D eigenvalue weighted by atomic mass is 10.2. The number of aromatic nitrogens is 1. The molecule has 3 rings (SSSR count). The number of para-hydroxylation sites is 2. The zero-order chi connectivity index (χ0) is 15.0. The molecule has 2 nitrogen and oxygen atoms in total. The highest BCUT2D eigenvalue weighted by molar-refractivity contribution is 6.10. The first kappa shape index (κ1) is 13.3. The van der Waals surface area contributed by atoms with E-state index in [9.17, 15) is 5.11 Å². The van der Waals surface area contributed by atoms with Crippen molar-refractivity contribution in [2.75, 3.05) is 0 Å². The van der Waals surface area contributed by atoms with Crippen LogP contribution in [-0.2, 0) is 0 Å². The van der Waals surface area contributed by atoms with Crippen LogP contribution < -0.4 is 0 Å². The zero-order valence-corrected chi connectivity index (χ0v) is 12.0. The van der Waals surface area contributed by atoms with Crippen molar-refractivity contribution in [3.8, 4) is 0 Å². The summed E-state index contributed by atoms with van der Waals surface area (Å²) in [6, 6.07) is 16.3. The first-order chi connectivity index (χ1) is 10.1. The third kappa shape index (κ3) is 2.15. The Labute approximate surface area is 123 Å². The fraction of sp³-hybridized carbons (Fsp3) is 0.0526. The maximum absolute atomic E-state index is 10.0. The molecule has 0 atom stereocenters. The van der Waals surface area contributed by atoms with Gasteiger partial charge in [0.25, 0.3) is 0 Å². The molecular weight excluding hydrogens is 258 g/mol. The number of fused-ring (bicyclic) bond motifs is 3. The number of aliphatic hydroxyl groups is 1. The molecule has 0 spiro atoms. The molecule has 1 heterocycles. The fourth-order valence-electron chi connectivity index (χ4n) is 2.69. The molecule has 0 bridgehead atoms. The predicted molar refractivity (Wildman–Crippen MR) is 90.3 cm³/mol. The van der Waals surface area contributed by atoms with Gasteiger partial charge in [0, 0.05) is 10.8 Å². The van der Waals surface area contributed by atoms with E-state index in [4.69, 9.17) is 0 Å². The molecule has 0 unspecified atom stereocenters. The summed E-state index contributed by atoms with van der Waals surface area (Å²) in [5, 5.41) is 12.3. The molecule has 0 amide bonds. The Morgan fingerprint density at radius 2 is 1.43 bits per heavy atom. The highest BCUT2D eigenvalue weighted by atomic mass is 16.3. The first-order valence-electron chi connectivity index (χ1n) is 6.83. The minimum Gasteiger partial charge on any atom is -0.506 e. The van der Waals surface area contributed by atoms with Gasteiger partial charge >= 0.3 is 0 Å². The van der Waals surface area contributed by atoms with Crippen LogP contribution in [0.25, 0.3) is 27.5 Å². The second kappa shape index (κ2) is 4.98. The van der Waals surface area contributed by atoms with Crippen molar-refractivity contribution in [2.45, 2.75) is 6.92 Å². The standard InChI is InChI=1S/C19H17NO/c1-13(2)12-19(14(3)21)20-17-10-6-4-8-15(17)16-9-5-7-11-18(16)20/h4-12,21H,1,3H2,2H3/b19-12+. The van der Waals surface area contributed by atoms with Crippen LogP contribution in [0.1, 0.15) is 6.92 Å². The van der Waals surface area contributed by atoms with Crippen LogP contribution in [0.4, 0.5) is 0 Å². The van der Waals surface area contributed by atoms with Gasteiger partial charge in [-0.1, -0.05) is 55.1 Å². The van der Waals surface area contributed by atoms with Crippen LogP contribution in [0.15, 0.2) is 79.1 Å². The van der Waals surface area contributed by atoms with Gasteiger partial charge in [-0.2, -0.15) is 0 Å². The van der Waals surface area contributed by atoms with E-state index in [1.54, 1.807) is 0 Å². The summed E-state index contributed by atoms with van der Waals surface area (Å²) in [7, 11) is 0. The Balaban J connectivity index is 2.49. The molecule has 21 heavy (non-hydrogen) atoms. The third-order valence-electron chi connectivity index (χ3n) is 3.50. The molecule has 3 aromatic rings. The minimum absolute atomic E-state index is 0.0320. The molecule has 0 radical (unpaired) electrons. The lowest BCUT2D eigenvalue weighted by Crippen LogP contribution is -1.99. The maximum Gasteiger partial charge on any atom is 0.132 e. The van der Waals surface area contributed by atoms with E-state index in [1.165, 1.54) is 0 Å². The normalized spacial score (nSPS) is 12.0. The quantitative estimate of drug-likeness (QED) is 0.510. The van der Waals surface area contributed by atoms with E-state index < -0.39 is 0 Å². The van der Waals surface area contributed by atoms with Gasteiger partial charge in [0.05, 0.1) is 16.7 Å². The molecule has 0 fully saturated rings. The van der Waals surface area contributed by atoms with Crippen molar-refractivity contribution in [3.63, 3.8) is 0 Å². The summed E-state index contributed by atoms with van der Waals surface area (Å²) in [5.41, 5.74) is 3.60. The number of hydrogen-bond acceptors (Lipinski definition) is 1. The lowest BCUT2D eigenvalue weighted by Gasteiger charge is -2.11. The topological polar surface area (TPSA) is 25.2 Å². The van der Waals surface area contributed by atoms with Gasteiger partial charge < -0.3 is 9.67 Å². The number of benzene rings is 2. The van der Waals surface area contributed by atoms with Gasteiger partial charge in [0.2, 0.25) is 0 Å². The second-order valence-electron chi connectivity index (χ2n) is 5.19. The van der Waals surface area contributed by atoms with Crippen molar-refractivity contribution in [2.24, 2.45) is 0 Å². The van der Waals surface area contributed by atoms with E-state index in [1.807, 2.05) is 54.0 Å².